The van der Waals surface area contributed by atoms with Crippen LogP contribution in [0.2, 0.25) is 0 Å². The Labute approximate surface area is 745 Å². The van der Waals surface area contributed by atoms with Gasteiger partial charge in [0.1, 0.15) is 140 Å². The van der Waals surface area contributed by atoms with Crippen molar-refractivity contribution in [3.63, 3.8) is 0 Å². The van der Waals surface area contributed by atoms with Crippen molar-refractivity contribution >= 4 is 21.6 Å². The molecule has 6 heterocycles. The fraction of sp³-hybridized carbons (Fsp3) is 0.761. The summed E-state index contributed by atoms with van der Waals surface area (Å²) in [6.07, 6.45) is -13.7. The molecule has 0 spiro atoms. The summed E-state index contributed by atoms with van der Waals surface area (Å²) in [7, 11) is -11.8. The summed E-state index contributed by atoms with van der Waals surface area (Å²) in [5.41, 5.74) is 13.3. The predicted octanol–water partition coefficient (Wildman–Crippen LogP) is 3.57. The maximum absolute atomic E-state index is 13.3. The van der Waals surface area contributed by atoms with Gasteiger partial charge in [0, 0.05) is 6.92 Å². The van der Waals surface area contributed by atoms with E-state index >= 15 is 0 Å². The van der Waals surface area contributed by atoms with Gasteiger partial charge in [0.25, 0.3) is 15.6 Å². The smallest absolute Gasteiger partial charge is 0.276 e. The van der Waals surface area contributed by atoms with Crippen molar-refractivity contribution in [1.82, 2.24) is 5.32 Å². The number of rotatable bonds is 54. The molecule has 0 radical (unpaired) electrons. The quantitative estimate of drug-likeness (QED) is 0.0306. The molecule has 0 bridgehead atoms. The normalized spacial score (nSPS) is 34.4. The maximum atomic E-state index is 13.3. The predicted molar refractivity (Wildman–Crippen MR) is 457 cm³/mol. The first-order valence-electron chi connectivity index (χ1n) is 43.9. The second-order valence-electron chi connectivity index (χ2n) is 34.5. The first-order valence-corrected chi connectivity index (χ1v) is 46.8. The van der Waals surface area contributed by atoms with E-state index in [1.165, 1.54) is 63.2 Å². The highest BCUT2D eigenvalue weighted by Gasteiger charge is 2.58. The van der Waals surface area contributed by atoms with Gasteiger partial charge in [-0.3, -0.25) is 18.4 Å². The third kappa shape index (κ3) is 36.0. The molecule has 6 rings (SSSR count). The minimum absolute atomic E-state index is 0.516. The van der Waals surface area contributed by atoms with Gasteiger partial charge in [0.05, 0.1) is 45.7 Å². The van der Waals surface area contributed by atoms with Gasteiger partial charge in [-0.25, -0.2) is 4.31 Å². The van der Waals surface area contributed by atoms with Crippen molar-refractivity contribution in [2.75, 3.05) is 39.6 Å². The Balaban J connectivity index is 0.876. The zero-order valence-corrected chi connectivity index (χ0v) is 77.1. The number of carbonyl (C=O) groups excluding carboxylic acids is 1. The highest BCUT2D eigenvalue weighted by Crippen LogP contribution is 2.57. The minimum atomic E-state index is -6.08. The molecule has 39 heteroatoms. The zero-order valence-electron chi connectivity index (χ0n) is 75.3. The highest BCUT2D eigenvalue weighted by atomic mass is 31.3. The summed E-state index contributed by atoms with van der Waals surface area (Å²) < 4.78 is 102. The number of allylic oxidation sites excluding steroid dienone is 19. The molecule has 18 N–H and O–H groups in total. The fourth-order valence-electron chi connectivity index (χ4n) is 15.4. The summed E-state index contributed by atoms with van der Waals surface area (Å²) in [4.78, 5) is 38.7. The molecule has 6 aliphatic rings. The zero-order chi connectivity index (χ0) is 94.3. The molecular formula is C88H145NO36P2-2. The molecule has 0 aromatic carbocycles. The average Bonchev–Trinajstić information content (AvgIpc) is 1.53. The number of amides is 1. The molecule has 127 heavy (non-hydrogen) atoms. The van der Waals surface area contributed by atoms with Crippen LogP contribution in [0.15, 0.2) is 116 Å². The van der Waals surface area contributed by atoms with Crippen molar-refractivity contribution in [3.8, 4) is 0 Å². The topological polar surface area (TPSA) is 582 Å². The highest BCUT2D eigenvalue weighted by molar-refractivity contribution is 7.59. The number of aliphatic hydroxyl groups is 17. The molecule has 6 fully saturated rings. The molecular weight excluding hydrogens is 1710 g/mol. The van der Waals surface area contributed by atoms with E-state index in [0.717, 1.165) is 110 Å². The minimum Gasteiger partial charge on any atom is -0.756 e. The number of hydrogen-bond acceptors (Lipinski definition) is 36. The molecule has 32 atom stereocenters. The van der Waals surface area contributed by atoms with E-state index in [9.17, 15) is 111 Å². The Morgan fingerprint density at radius 3 is 1.11 bits per heavy atom. The Kier molecular flexibility index (Phi) is 48.5. The first kappa shape index (κ1) is 112. The molecule has 0 aliphatic carbocycles. The summed E-state index contributed by atoms with van der Waals surface area (Å²) in [6, 6.07) is -1.97. The van der Waals surface area contributed by atoms with E-state index in [1.54, 1.807) is 6.92 Å². The van der Waals surface area contributed by atoms with Crippen LogP contribution in [0, 0.1) is 0 Å². The molecule has 0 saturated carbocycles. The van der Waals surface area contributed by atoms with E-state index in [2.05, 4.69) is 127 Å². The van der Waals surface area contributed by atoms with Crippen molar-refractivity contribution in [1.29, 1.82) is 0 Å². The van der Waals surface area contributed by atoms with E-state index in [4.69, 9.17) is 61.2 Å². The number of carbonyl (C=O) groups is 1. The molecule has 0 aromatic rings. The largest absolute Gasteiger partial charge is 0.756 e. The summed E-state index contributed by atoms with van der Waals surface area (Å²) in [6.45, 7) is 20.4. The molecule has 0 aromatic heterocycles. The molecule has 6 unspecified atom stereocenters. The van der Waals surface area contributed by atoms with Gasteiger partial charge in [-0.1, -0.05) is 116 Å². The Morgan fingerprint density at radius 2 is 0.724 bits per heavy atom. The van der Waals surface area contributed by atoms with E-state index in [0.29, 0.717) is 18.4 Å². The van der Waals surface area contributed by atoms with Gasteiger partial charge in [0.2, 0.25) is 5.91 Å². The summed E-state index contributed by atoms with van der Waals surface area (Å²) in [5.74, 6) is -0.932. The van der Waals surface area contributed by atoms with Crippen LogP contribution in [0.25, 0.3) is 0 Å². The Bertz CT molecular complexity index is 3750. The van der Waals surface area contributed by atoms with Gasteiger partial charge >= 0.3 is 0 Å². The standard InChI is InChI=1S/C88H147NO36P2/c1-48(2)23-14-24-49(3)25-15-26-50(4)27-16-28-51(5)29-17-30-52(6)31-18-32-53(7)33-19-34-54(8)35-20-36-55(9)37-21-38-56(10)39-22-40-57(11)41-42-113-126(108,109)125-127(110,111)124-83-65(89-59(13)94)66(97)80(62(44-91)115-83)122-85-73(104)67(98)77(58(12)114-85)118-88-76(107)71(102)82(123-88)64(46-93)117-87-75(106)69(100)79(120-87)61(96)47-112-84-72(103)70(101)81(121-84)63(45-92)116-86-74(105)68(99)78(119-86)60(95)43-90/h23,25,27,29,31,33,35,37,39,41,58,60-88,90-93,95-107H,14-22,24,26,28,30,32,34,36,38,40,42-47H2,1-13H3,(H,89,94)(H,108,109)(H,110,111)/p-2/b49-25+,50-27-,51-29-,52-31-,53-33-,54-35-,55-37-,56-39-,57-41-/t58-,60+,61+,62+,63+,64+,65+,66+,67-,68+,69+,70+,71+,72+,73+,74+,75+,76+,77-,78?,79?,80+,81?,82?,83-,84+,85-,86+,87+,88+/m0/s1. The van der Waals surface area contributed by atoms with Gasteiger partial charge in [-0.05, 0) is 199 Å². The number of aliphatic hydroxyl groups excluding tert-OH is 17. The molecule has 1 amide bonds. The van der Waals surface area contributed by atoms with Crippen LogP contribution in [-0.4, -0.2) is 317 Å². The van der Waals surface area contributed by atoms with E-state index in [-0.39, 0.29) is 0 Å². The lowest BCUT2D eigenvalue weighted by atomic mass is 9.95. The first-order chi connectivity index (χ1) is 59.9. The third-order valence-electron chi connectivity index (χ3n) is 23.1. The molecule has 730 valence electrons. The van der Waals surface area contributed by atoms with Crippen LogP contribution in [0.5, 0.6) is 0 Å². The van der Waals surface area contributed by atoms with Crippen molar-refractivity contribution < 1.29 is 176 Å². The van der Waals surface area contributed by atoms with E-state index < -0.39 is 245 Å². The number of nitrogens with one attached hydrogen (secondary N) is 1. The number of ether oxygens (including phenoxy) is 11. The van der Waals surface area contributed by atoms with Crippen molar-refractivity contribution in [2.45, 2.75) is 390 Å². The molecule has 6 aliphatic heterocycles. The SMILES string of the molecule is CC(=O)N[C@H]1[C@H](OP(=O)([O-])OP(=O)([O-])OC/C=C(/C)CC/C=C(/C)CC/C=C(/C)CC/C=C(/C)CC/C=C(/C)CC/C=C(/C)CC/C=C(/C)CC/C=C(/C)CC/C=C(\C)CCC=C(C)C)O[C@H](CO)[C@@H](O[C@@H]2O[C@@H](C)[C@H](O[C@@H]3OC([C@@H](CO)O[C@@H]4OC([C@H](O)CO[C@@H]5OC([C@@H](CO)O[C@@H]6OC([C@H](O)CO)[C@H](O)[C@H]6O)[C@H](O)[C@H]5O)[C@H](O)[C@H]4O)[C@H](O)[C@H]3O)[C@@H](O)[C@H]2O)[C@@H]1O. The molecule has 37 nitrogen and oxygen atoms in total. The van der Waals surface area contributed by atoms with Gasteiger partial charge in [-0.15, -0.1) is 0 Å². The lowest BCUT2D eigenvalue weighted by Crippen LogP contribution is -2.67. The second kappa shape index (κ2) is 55.1. The van der Waals surface area contributed by atoms with Crippen LogP contribution in [0.4, 0.5) is 0 Å². The van der Waals surface area contributed by atoms with Crippen LogP contribution >= 0.6 is 15.6 Å². The number of hydrogen-bond donors (Lipinski definition) is 18. The Morgan fingerprint density at radius 1 is 0.386 bits per heavy atom. The summed E-state index contributed by atoms with van der Waals surface area (Å²) in [5, 5.41) is 185. The Hall–Kier alpha value is -3.99. The van der Waals surface area contributed by atoms with Crippen molar-refractivity contribution in [2.24, 2.45) is 0 Å². The van der Waals surface area contributed by atoms with Crippen molar-refractivity contribution in [3.05, 3.63) is 116 Å². The number of phosphoric ester groups is 2. The lowest BCUT2D eigenvalue weighted by molar-refractivity contribution is -0.356. The fourth-order valence-corrected chi connectivity index (χ4v) is 17.4. The average molecular weight is 1860 g/mol. The maximum Gasteiger partial charge on any atom is 0.276 e. The van der Waals surface area contributed by atoms with Gasteiger partial charge in [0.15, 0.2) is 37.7 Å². The van der Waals surface area contributed by atoms with Gasteiger partial charge in [-0.2, -0.15) is 0 Å². The number of phosphoric acid groups is 2. The van der Waals surface area contributed by atoms with Crippen LogP contribution in [0.1, 0.15) is 206 Å². The van der Waals surface area contributed by atoms with E-state index in [1.807, 2.05) is 6.92 Å². The lowest BCUT2D eigenvalue weighted by Gasteiger charge is -2.48. The van der Waals surface area contributed by atoms with Crippen LogP contribution < -0.4 is 15.1 Å². The second-order valence-corrected chi connectivity index (χ2v) is 37.4. The van der Waals surface area contributed by atoms with Crippen LogP contribution in [-0.2, 0) is 79.4 Å². The molecule has 6 saturated heterocycles. The monoisotopic (exact) mass is 1850 g/mol. The summed E-state index contributed by atoms with van der Waals surface area (Å²) >= 11 is 0. The van der Waals surface area contributed by atoms with Crippen LogP contribution in [0.3, 0.4) is 0 Å². The third-order valence-corrected chi connectivity index (χ3v) is 25.7. The van der Waals surface area contributed by atoms with Gasteiger partial charge < -0.3 is 159 Å².